The fraction of sp³-hybridized carbons (Fsp3) is 0.188. The first-order chi connectivity index (χ1) is 9.74. The standard InChI is InChI=1S/C16H14BrNO2/c17-15-9-10-18(16(15)19)12-5-4-8-14(11-12)20-13-6-2-1-3-7-13/h1-8,11,15H,9-10H2. The Kier molecular flexibility index (Phi) is 3.74. The van der Waals surface area contributed by atoms with Crippen LogP contribution in [0.5, 0.6) is 11.5 Å². The van der Waals surface area contributed by atoms with Crippen LogP contribution < -0.4 is 9.64 Å². The second kappa shape index (κ2) is 5.67. The molecular weight excluding hydrogens is 318 g/mol. The van der Waals surface area contributed by atoms with Crippen molar-refractivity contribution in [2.45, 2.75) is 11.2 Å². The van der Waals surface area contributed by atoms with Crippen LogP contribution in [0.2, 0.25) is 0 Å². The van der Waals surface area contributed by atoms with E-state index in [4.69, 9.17) is 4.74 Å². The number of anilines is 1. The van der Waals surface area contributed by atoms with Crippen molar-refractivity contribution in [1.82, 2.24) is 0 Å². The third-order valence-corrected chi connectivity index (χ3v) is 4.10. The van der Waals surface area contributed by atoms with Gasteiger partial charge in [0, 0.05) is 18.3 Å². The minimum absolute atomic E-state index is 0.0683. The number of halogens is 1. The van der Waals surface area contributed by atoms with Crippen LogP contribution in [0.3, 0.4) is 0 Å². The van der Waals surface area contributed by atoms with Gasteiger partial charge in [-0.3, -0.25) is 4.79 Å². The molecule has 1 amide bonds. The third kappa shape index (κ3) is 2.70. The summed E-state index contributed by atoms with van der Waals surface area (Å²) < 4.78 is 5.79. The summed E-state index contributed by atoms with van der Waals surface area (Å²) >= 11 is 3.39. The second-order valence-electron chi connectivity index (χ2n) is 4.66. The summed E-state index contributed by atoms with van der Waals surface area (Å²) in [5.41, 5.74) is 0.880. The Morgan fingerprint density at radius 3 is 2.50 bits per heavy atom. The van der Waals surface area contributed by atoms with Crippen LogP contribution >= 0.6 is 15.9 Å². The van der Waals surface area contributed by atoms with E-state index in [-0.39, 0.29) is 10.7 Å². The third-order valence-electron chi connectivity index (χ3n) is 3.25. The molecule has 2 aromatic carbocycles. The van der Waals surface area contributed by atoms with Crippen molar-refractivity contribution in [2.24, 2.45) is 0 Å². The number of para-hydroxylation sites is 1. The zero-order valence-corrected chi connectivity index (χ0v) is 12.4. The van der Waals surface area contributed by atoms with Gasteiger partial charge in [0.15, 0.2) is 0 Å². The topological polar surface area (TPSA) is 29.5 Å². The van der Waals surface area contributed by atoms with Gasteiger partial charge in [-0.25, -0.2) is 0 Å². The number of alkyl halides is 1. The van der Waals surface area contributed by atoms with Crippen molar-refractivity contribution < 1.29 is 9.53 Å². The van der Waals surface area contributed by atoms with E-state index in [1.807, 2.05) is 54.6 Å². The molecule has 1 saturated heterocycles. The van der Waals surface area contributed by atoms with E-state index in [0.717, 1.165) is 30.2 Å². The molecule has 1 aliphatic heterocycles. The molecule has 4 heteroatoms. The maximum absolute atomic E-state index is 12.0. The van der Waals surface area contributed by atoms with Crippen molar-refractivity contribution in [1.29, 1.82) is 0 Å². The zero-order chi connectivity index (χ0) is 13.9. The van der Waals surface area contributed by atoms with Crippen LogP contribution in [-0.4, -0.2) is 17.3 Å². The minimum Gasteiger partial charge on any atom is -0.457 e. The van der Waals surface area contributed by atoms with E-state index in [2.05, 4.69) is 15.9 Å². The number of amides is 1. The Morgan fingerprint density at radius 1 is 1.05 bits per heavy atom. The van der Waals surface area contributed by atoms with Crippen molar-refractivity contribution in [2.75, 3.05) is 11.4 Å². The van der Waals surface area contributed by atoms with E-state index in [1.54, 1.807) is 4.90 Å². The second-order valence-corrected chi connectivity index (χ2v) is 5.76. The van der Waals surface area contributed by atoms with Crippen molar-refractivity contribution in [3.63, 3.8) is 0 Å². The van der Waals surface area contributed by atoms with Crippen LogP contribution in [0.1, 0.15) is 6.42 Å². The maximum atomic E-state index is 12.0. The molecule has 1 fully saturated rings. The first-order valence-electron chi connectivity index (χ1n) is 6.52. The fourth-order valence-electron chi connectivity index (χ4n) is 2.24. The molecule has 0 aliphatic carbocycles. The lowest BCUT2D eigenvalue weighted by Gasteiger charge is -2.17. The van der Waals surface area contributed by atoms with E-state index < -0.39 is 0 Å². The highest BCUT2D eigenvalue weighted by atomic mass is 79.9. The first-order valence-corrected chi connectivity index (χ1v) is 7.44. The number of hydrogen-bond acceptors (Lipinski definition) is 2. The van der Waals surface area contributed by atoms with Gasteiger partial charge < -0.3 is 9.64 Å². The summed E-state index contributed by atoms with van der Waals surface area (Å²) in [6, 6.07) is 17.2. The quantitative estimate of drug-likeness (QED) is 0.796. The van der Waals surface area contributed by atoms with Gasteiger partial charge in [0.05, 0.1) is 4.83 Å². The van der Waals surface area contributed by atoms with Gasteiger partial charge in [-0.1, -0.05) is 40.2 Å². The number of carbonyl (C=O) groups excluding carboxylic acids is 1. The number of carbonyl (C=O) groups is 1. The Morgan fingerprint density at radius 2 is 1.80 bits per heavy atom. The van der Waals surface area contributed by atoms with Crippen molar-refractivity contribution >= 4 is 27.5 Å². The summed E-state index contributed by atoms with van der Waals surface area (Å²) in [7, 11) is 0. The Balaban J connectivity index is 1.81. The average molecular weight is 332 g/mol. The van der Waals surface area contributed by atoms with E-state index >= 15 is 0 Å². The molecule has 102 valence electrons. The Labute approximate surface area is 126 Å². The number of ether oxygens (including phenoxy) is 1. The lowest BCUT2D eigenvalue weighted by molar-refractivity contribution is -0.116. The highest BCUT2D eigenvalue weighted by molar-refractivity contribution is 9.10. The van der Waals surface area contributed by atoms with E-state index in [0.29, 0.717) is 0 Å². The number of nitrogens with zero attached hydrogens (tertiary/aromatic N) is 1. The summed E-state index contributed by atoms with van der Waals surface area (Å²) in [5.74, 6) is 1.64. The molecule has 3 rings (SSSR count). The molecule has 2 aromatic rings. The van der Waals surface area contributed by atoms with Crippen LogP contribution in [0.4, 0.5) is 5.69 Å². The molecule has 0 bridgehead atoms. The fourth-order valence-corrected chi connectivity index (χ4v) is 2.69. The lowest BCUT2D eigenvalue weighted by atomic mass is 10.2. The van der Waals surface area contributed by atoms with Crippen molar-refractivity contribution in [3.8, 4) is 11.5 Å². The summed E-state index contributed by atoms with van der Waals surface area (Å²) in [6.07, 6.45) is 0.836. The van der Waals surface area contributed by atoms with Gasteiger partial charge in [-0.15, -0.1) is 0 Å². The molecular formula is C16H14BrNO2. The van der Waals surface area contributed by atoms with Crippen LogP contribution in [-0.2, 0) is 4.79 Å². The van der Waals surface area contributed by atoms with Gasteiger partial charge in [-0.2, -0.15) is 0 Å². The smallest absolute Gasteiger partial charge is 0.240 e. The molecule has 1 atom stereocenters. The molecule has 1 unspecified atom stereocenters. The predicted octanol–water partition coefficient (Wildman–Crippen LogP) is 3.98. The normalized spacial score (nSPS) is 18.4. The predicted molar refractivity (Wildman–Crippen MR) is 82.6 cm³/mol. The molecule has 0 aromatic heterocycles. The SMILES string of the molecule is O=C1C(Br)CCN1c1cccc(Oc2ccccc2)c1. The highest BCUT2D eigenvalue weighted by Crippen LogP contribution is 2.29. The molecule has 0 radical (unpaired) electrons. The van der Waals surface area contributed by atoms with Gasteiger partial charge in [0.1, 0.15) is 11.5 Å². The highest BCUT2D eigenvalue weighted by Gasteiger charge is 2.30. The minimum atomic E-state index is -0.0683. The van der Waals surface area contributed by atoms with Crippen LogP contribution in [0.25, 0.3) is 0 Å². The van der Waals surface area contributed by atoms with E-state index in [9.17, 15) is 4.79 Å². The molecule has 0 spiro atoms. The molecule has 20 heavy (non-hydrogen) atoms. The van der Waals surface area contributed by atoms with Crippen LogP contribution in [0.15, 0.2) is 54.6 Å². The number of rotatable bonds is 3. The Hall–Kier alpha value is -1.81. The first kappa shape index (κ1) is 13.2. The summed E-state index contributed by atoms with van der Waals surface area (Å²) in [5, 5.41) is 0. The average Bonchev–Trinajstić information content (AvgIpc) is 2.80. The number of hydrogen-bond donors (Lipinski definition) is 0. The lowest BCUT2D eigenvalue weighted by Crippen LogP contribution is -2.26. The summed E-state index contributed by atoms with van der Waals surface area (Å²) in [4.78, 5) is 13.7. The molecule has 1 aliphatic rings. The van der Waals surface area contributed by atoms with Crippen LogP contribution in [0, 0.1) is 0 Å². The summed E-state index contributed by atoms with van der Waals surface area (Å²) in [6.45, 7) is 0.740. The monoisotopic (exact) mass is 331 g/mol. The van der Waals surface area contributed by atoms with Gasteiger partial charge >= 0.3 is 0 Å². The number of benzene rings is 2. The molecule has 1 heterocycles. The van der Waals surface area contributed by atoms with Crippen molar-refractivity contribution in [3.05, 3.63) is 54.6 Å². The Bertz CT molecular complexity index is 615. The van der Waals surface area contributed by atoms with Gasteiger partial charge in [0.25, 0.3) is 0 Å². The maximum Gasteiger partial charge on any atom is 0.240 e. The van der Waals surface area contributed by atoms with Gasteiger partial charge in [0.2, 0.25) is 5.91 Å². The van der Waals surface area contributed by atoms with Gasteiger partial charge in [-0.05, 0) is 30.7 Å². The molecule has 3 nitrogen and oxygen atoms in total. The largest absolute Gasteiger partial charge is 0.457 e. The van der Waals surface area contributed by atoms with E-state index in [1.165, 1.54) is 0 Å². The molecule has 0 N–H and O–H groups in total. The molecule has 0 saturated carbocycles. The zero-order valence-electron chi connectivity index (χ0n) is 10.8.